The van der Waals surface area contributed by atoms with Crippen LogP contribution in [-0.2, 0) is 23.3 Å². The van der Waals surface area contributed by atoms with Crippen LogP contribution in [0.5, 0.6) is 0 Å². The van der Waals surface area contributed by atoms with Crippen LogP contribution in [0.2, 0.25) is 0 Å². The van der Waals surface area contributed by atoms with E-state index in [0.717, 1.165) is 4.44 Å². The number of phosphoric ester groups is 1. The molecule has 2 saturated heterocycles. The van der Waals surface area contributed by atoms with Crippen molar-refractivity contribution in [3.8, 4) is 0 Å². The predicted molar refractivity (Wildman–Crippen MR) is 79.1 cm³/mol. The van der Waals surface area contributed by atoms with Crippen LogP contribution < -0.4 is 10.6 Å². The van der Waals surface area contributed by atoms with E-state index in [-0.39, 0.29) is 21.1 Å². The maximum absolute atomic E-state index is 11.3. The molecule has 3 heterocycles. The van der Waals surface area contributed by atoms with Crippen LogP contribution in [0.15, 0.2) is 11.0 Å². The molecule has 1 amide bonds. The molecule has 3 N–H and O–H groups in total. The van der Waals surface area contributed by atoms with Crippen molar-refractivity contribution in [3.63, 3.8) is 0 Å². The Morgan fingerprint density at radius 2 is 2.17 bits per heavy atom. The van der Waals surface area contributed by atoms with Gasteiger partial charge < -0.3 is 0 Å². The van der Waals surface area contributed by atoms with Gasteiger partial charge in [0.25, 0.3) is 0 Å². The second-order valence-electron chi connectivity index (χ2n) is 6.03. The van der Waals surface area contributed by atoms with Gasteiger partial charge in [-0.15, -0.1) is 0 Å². The van der Waals surface area contributed by atoms with E-state index < -0.39 is 43.9 Å². The summed E-state index contributed by atoms with van der Waals surface area (Å²) in [6, 6.07) is 1.67. The van der Waals surface area contributed by atoms with E-state index in [0.29, 0.717) is 5.56 Å². The maximum atomic E-state index is 11.3. The van der Waals surface area contributed by atoms with Gasteiger partial charge in [-0.2, -0.15) is 0 Å². The van der Waals surface area contributed by atoms with Gasteiger partial charge in [-0.25, -0.2) is 0 Å². The zero-order valence-electron chi connectivity index (χ0n) is 12.9. The summed E-state index contributed by atoms with van der Waals surface area (Å²) in [6.45, 7) is 3.10. The van der Waals surface area contributed by atoms with Crippen LogP contribution in [0.25, 0.3) is 0 Å². The molecule has 0 saturated carbocycles. The summed E-state index contributed by atoms with van der Waals surface area (Å²) in [6.07, 6.45) is -2.24. The quantitative estimate of drug-likeness (QED) is 0.465. The third-order valence-corrected chi connectivity index (χ3v) is 6.30. The van der Waals surface area contributed by atoms with Gasteiger partial charge in [0.05, 0.1) is 0 Å². The van der Waals surface area contributed by atoms with Crippen LogP contribution in [-0.4, -0.2) is 56.0 Å². The number of hydrogen-bond donors (Lipinski definition) is 2. The molecular weight excluding hydrogens is 408 g/mol. The number of fused-ring (bicyclic) bond motifs is 1. The number of carbonyl (C=O) groups excluding carboxylic acids is 1. The molecule has 0 aliphatic carbocycles. The van der Waals surface area contributed by atoms with Crippen LogP contribution in [0, 0.1) is 0 Å². The monoisotopic (exact) mass is 426 g/mol. The predicted octanol–water partition coefficient (Wildman–Crippen LogP) is -0.720. The van der Waals surface area contributed by atoms with Crippen molar-refractivity contribution in [2.45, 2.75) is 44.1 Å². The second-order valence-corrected chi connectivity index (χ2v) is 9.20. The molecule has 0 bridgehead atoms. The normalized spacial score (nSPS) is 34.0. The molecule has 134 valence electrons. The average molecular weight is 425 g/mol. The van der Waals surface area contributed by atoms with Crippen LogP contribution in [0.1, 0.15) is 34.7 Å². The van der Waals surface area contributed by atoms with Crippen LogP contribution in [0.3, 0.4) is 0 Å². The van der Waals surface area contributed by atoms with Crippen LogP contribution in [0.4, 0.5) is 0 Å². The number of ether oxygens (including phenoxy) is 3. The van der Waals surface area contributed by atoms with Gasteiger partial charge in [0.15, 0.2) is 0 Å². The van der Waals surface area contributed by atoms with Gasteiger partial charge in [0, 0.05) is 0 Å². The van der Waals surface area contributed by atoms with Crippen molar-refractivity contribution in [1.82, 2.24) is 0 Å². The zero-order chi connectivity index (χ0) is 17.7. The fraction of sp³-hybridized carbons (Fsp3) is 0.615. The molecule has 24 heavy (non-hydrogen) atoms. The molecule has 11 heteroatoms. The topological polar surface area (TPSA) is 140 Å². The molecule has 2 aliphatic heterocycles. The fourth-order valence-electron chi connectivity index (χ4n) is 2.84. The Balaban J connectivity index is 1.82. The zero-order valence-corrected chi connectivity index (χ0v) is 15.5. The molecule has 1 aromatic heterocycles. The third-order valence-electron chi connectivity index (χ3n) is 3.74. The number of phosphoric acid groups is 1. The van der Waals surface area contributed by atoms with Crippen molar-refractivity contribution in [2.24, 2.45) is 5.73 Å². The first-order valence-electron chi connectivity index (χ1n) is 7.13. The Labute approximate surface area is 144 Å². The molecule has 3 rings (SSSR count). The Morgan fingerprint density at radius 3 is 2.75 bits per heavy atom. The Hall–Kier alpha value is -0.541. The number of nitrogens with two attached hydrogens (primary N) is 1. The Kier molecular flexibility index (Phi) is 4.81. The molecule has 2 aliphatic rings. The number of amides is 1. The third kappa shape index (κ3) is 3.83. The molecule has 0 radical (unpaired) electrons. The van der Waals surface area contributed by atoms with Crippen molar-refractivity contribution < 1.29 is 37.9 Å². The van der Waals surface area contributed by atoms with Gasteiger partial charge in [0.2, 0.25) is 0 Å². The summed E-state index contributed by atoms with van der Waals surface area (Å²) in [5, 5.41) is 0. The molecule has 2 fully saturated rings. The molecule has 9 nitrogen and oxygen atoms in total. The van der Waals surface area contributed by atoms with Gasteiger partial charge in [-0.05, 0) is 0 Å². The molecule has 5 atom stereocenters. The van der Waals surface area contributed by atoms with Crippen LogP contribution >= 0.6 is 7.82 Å². The van der Waals surface area contributed by atoms with Gasteiger partial charge >= 0.3 is 144 Å². The van der Waals surface area contributed by atoms with E-state index in [1.165, 1.54) is 0 Å². The van der Waals surface area contributed by atoms with E-state index in [4.69, 9.17) is 24.8 Å². The Morgan fingerprint density at radius 1 is 1.50 bits per heavy atom. The molecular formula is C13H17NO8PSe-. The number of rotatable bonds is 5. The van der Waals surface area contributed by atoms with Crippen molar-refractivity contribution in [2.75, 3.05) is 6.61 Å². The number of primary amides is 1. The molecule has 0 aromatic carbocycles. The summed E-state index contributed by atoms with van der Waals surface area (Å²) in [5.41, 5.74) is 5.70. The van der Waals surface area contributed by atoms with Crippen molar-refractivity contribution in [3.05, 3.63) is 21.0 Å². The Bertz CT molecular complexity index is 685. The van der Waals surface area contributed by atoms with Gasteiger partial charge in [-0.3, -0.25) is 0 Å². The first-order valence-corrected chi connectivity index (χ1v) is 10.5. The molecule has 0 spiro atoms. The SMILES string of the molecule is CC1(C)O[C@@H]2[C@H](O1)[C@@H](COP(=O)([O-])O)O[C@H]2c1cc(C(N)=O)c[se]1. The summed E-state index contributed by atoms with van der Waals surface area (Å²) < 4.78 is 33.6. The van der Waals surface area contributed by atoms with E-state index in [1.54, 1.807) is 24.9 Å². The standard InChI is InChI=1S/C13H18NO8PSe/c1-13(2)21-9-7(4-19-23(16,17)18)20-10(11(9)22-13)8-3-6(5-24-8)12(14)15/h3,5,7,9-11H,4H2,1-2H3,(H2,14,15)(H2,16,17,18)/p-1/t7-,9-,10+,11-/m1/s1. The first kappa shape index (κ1) is 18.3. The number of carbonyl (C=O) groups is 1. The first-order chi connectivity index (χ1) is 11.1. The summed E-state index contributed by atoms with van der Waals surface area (Å²) >= 11 is -0.129. The minimum atomic E-state index is -4.86. The van der Waals surface area contributed by atoms with Gasteiger partial charge in [-0.1, -0.05) is 0 Å². The average Bonchev–Trinajstić information content (AvgIpc) is 3.08. The summed E-state index contributed by atoms with van der Waals surface area (Å²) in [4.78, 5) is 32.6. The van der Waals surface area contributed by atoms with E-state index >= 15 is 0 Å². The molecule has 1 unspecified atom stereocenters. The van der Waals surface area contributed by atoms with Crippen molar-refractivity contribution in [1.29, 1.82) is 0 Å². The summed E-state index contributed by atoms with van der Waals surface area (Å²) in [7, 11) is -4.86. The number of hydrogen-bond acceptors (Lipinski definition) is 7. The second kappa shape index (κ2) is 6.32. The minimum absolute atomic E-state index is 0.129. The fourth-order valence-corrected chi connectivity index (χ4v) is 5.21. The van der Waals surface area contributed by atoms with E-state index in [1.807, 2.05) is 0 Å². The van der Waals surface area contributed by atoms with E-state index in [9.17, 15) is 14.3 Å². The van der Waals surface area contributed by atoms with Crippen molar-refractivity contribution >= 4 is 28.2 Å². The summed E-state index contributed by atoms with van der Waals surface area (Å²) in [5.74, 6) is -1.37. The van der Waals surface area contributed by atoms with Gasteiger partial charge in [0.1, 0.15) is 0 Å². The van der Waals surface area contributed by atoms with E-state index in [2.05, 4.69) is 4.52 Å². The molecule has 1 aromatic rings.